The smallest absolute Gasteiger partial charge is 0.175 e. The predicted octanol–water partition coefficient (Wildman–Crippen LogP) is 2.99. The molecule has 0 saturated carbocycles. The number of thioether (sulfide) groups is 1. The molecule has 0 aliphatic carbocycles. The molecule has 2 heterocycles. The fourth-order valence-corrected chi connectivity index (χ4v) is 3.83. The van der Waals surface area contributed by atoms with E-state index in [1.165, 1.54) is 11.8 Å². The molecule has 1 saturated heterocycles. The lowest BCUT2D eigenvalue weighted by Gasteiger charge is -2.33. The number of benzene rings is 1. The Morgan fingerprint density at radius 3 is 2.70 bits per heavy atom. The van der Waals surface area contributed by atoms with Gasteiger partial charge in [-0.15, -0.1) is 0 Å². The zero-order valence-corrected chi connectivity index (χ0v) is 14.0. The molecule has 1 atom stereocenters. The van der Waals surface area contributed by atoms with Gasteiger partial charge >= 0.3 is 0 Å². The molecule has 0 bridgehead atoms. The Morgan fingerprint density at radius 1 is 1.30 bits per heavy atom. The van der Waals surface area contributed by atoms with Gasteiger partial charge in [0.15, 0.2) is 16.7 Å². The highest BCUT2D eigenvalue weighted by Crippen LogP contribution is 2.39. The number of hydrogen-bond acceptors (Lipinski definition) is 5. The van der Waals surface area contributed by atoms with Gasteiger partial charge in [0.1, 0.15) is 5.75 Å². The molecule has 2 aromatic rings. The van der Waals surface area contributed by atoms with Gasteiger partial charge in [-0.1, -0.05) is 30.0 Å². The molecule has 1 fully saturated rings. The van der Waals surface area contributed by atoms with Crippen LogP contribution in [0.25, 0.3) is 0 Å². The minimum absolute atomic E-state index is 0.527. The summed E-state index contributed by atoms with van der Waals surface area (Å²) in [6, 6.07) is 13.1. The van der Waals surface area contributed by atoms with E-state index < -0.39 is 5.72 Å². The van der Waals surface area contributed by atoms with Crippen molar-refractivity contribution >= 4 is 22.7 Å². The van der Waals surface area contributed by atoms with E-state index in [9.17, 15) is 5.11 Å². The molecule has 3 rings (SSSR count). The maximum absolute atomic E-state index is 11.2. The molecule has 6 heteroatoms. The molecule has 1 aliphatic rings. The first-order valence-electron chi connectivity index (χ1n) is 7.44. The number of methoxy groups -OCH3 is 1. The highest BCUT2D eigenvalue weighted by atomic mass is 32.2. The largest absolute Gasteiger partial charge is 0.497 e. The molecule has 0 radical (unpaired) electrons. The summed E-state index contributed by atoms with van der Waals surface area (Å²) in [4.78, 5) is 10.7. The van der Waals surface area contributed by atoms with Crippen molar-refractivity contribution in [2.75, 3.05) is 19.4 Å². The van der Waals surface area contributed by atoms with Gasteiger partial charge in [0, 0.05) is 18.3 Å². The van der Waals surface area contributed by atoms with Crippen molar-refractivity contribution in [3.63, 3.8) is 0 Å². The fourth-order valence-electron chi connectivity index (χ4n) is 2.58. The molecule has 1 aromatic carbocycles. The number of pyridine rings is 1. The third kappa shape index (κ3) is 3.04. The molecule has 1 aliphatic heterocycles. The van der Waals surface area contributed by atoms with E-state index >= 15 is 0 Å². The van der Waals surface area contributed by atoms with Crippen molar-refractivity contribution in [2.45, 2.75) is 12.6 Å². The zero-order chi connectivity index (χ0) is 16.3. The van der Waals surface area contributed by atoms with Gasteiger partial charge in [-0.3, -0.25) is 0 Å². The molecule has 23 heavy (non-hydrogen) atoms. The number of amidine groups is 1. The van der Waals surface area contributed by atoms with Crippen molar-refractivity contribution in [3.8, 4) is 5.75 Å². The number of hydrogen-bond donors (Lipinski definition) is 1. The summed E-state index contributed by atoms with van der Waals surface area (Å²) in [5.41, 5.74) is -0.238. The molecule has 1 N–H and O–H groups in total. The van der Waals surface area contributed by atoms with Crippen LogP contribution in [-0.2, 0) is 5.72 Å². The van der Waals surface area contributed by atoms with E-state index in [1.54, 1.807) is 13.3 Å². The van der Waals surface area contributed by atoms with Gasteiger partial charge in [0.25, 0.3) is 0 Å². The number of aromatic nitrogens is 1. The second-order valence-electron chi connectivity index (χ2n) is 5.16. The SMILES string of the molecule is CCN1C(=Nc2ccccn2)SC[C@@]1(O)c1ccc(OC)cc1. The van der Waals surface area contributed by atoms with Crippen LogP contribution in [0.3, 0.4) is 0 Å². The molecular formula is C17H19N3O2S. The normalized spacial score (nSPS) is 22.6. The van der Waals surface area contributed by atoms with Crippen LogP contribution in [0.4, 0.5) is 5.82 Å². The molecule has 1 aromatic heterocycles. The van der Waals surface area contributed by atoms with Crippen molar-refractivity contribution in [2.24, 2.45) is 4.99 Å². The van der Waals surface area contributed by atoms with E-state index in [4.69, 9.17) is 4.74 Å². The average molecular weight is 329 g/mol. The Hall–Kier alpha value is -2.05. The molecule has 0 spiro atoms. The van der Waals surface area contributed by atoms with Gasteiger partial charge in [-0.25, -0.2) is 9.98 Å². The van der Waals surface area contributed by atoms with E-state index in [0.29, 0.717) is 18.1 Å². The number of ether oxygens (including phenoxy) is 1. The van der Waals surface area contributed by atoms with Gasteiger partial charge < -0.3 is 14.7 Å². The van der Waals surface area contributed by atoms with Gasteiger partial charge in [-0.05, 0) is 31.2 Å². The van der Waals surface area contributed by atoms with Gasteiger partial charge in [-0.2, -0.15) is 0 Å². The van der Waals surface area contributed by atoms with Crippen molar-refractivity contribution in [1.29, 1.82) is 0 Å². The Kier molecular flexibility index (Phi) is 4.54. The Labute approximate surface area is 140 Å². The lowest BCUT2D eigenvalue weighted by atomic mass is 10.0. The first-order valence-corrected chi connectivity index (χ1v) is 8.43. The summed E-state index contributed by atoms with van der Waals surface area (Å²) in [7, 11) is 1.63. The Morgan fingerprint density at radius 2 is 2.09 bits per heavy atom. The third-order valence-electron chi connectivity index (χ3n) is 3.81. The first kappa shape index (κ1) is 15.8. The number of aliphatic imine (C=N–C) groups is 1. The Balaban J connectivity index is 1.92. The lowest BCUT2D eigenvalue weighted by Crippen LogP contribution is -2.44. The van der Waals surface area contributed by atoms with Crippen LogP contribution in [0.15, 0.2) is 53.7 Å². The minimum Gasteiger partial charge on any atom is -0.497 e. The van der Waals surface area contributed by atoms with E-state index in [2.05, 4.69) is 9.98 Å². The maximum Gasteiger partial charge on any atom is 0.175 e. The molecular weight excluding hydrogens is 310 g/mol. The van der Waals surface area contributed by atoms with Crippen LogP contribution >= 0.6 is 11.8 Å². The maximum atomic E-state index is 11.2. The van der Waals surface area contributed by atoms with E-state index in [0.717, 1.165) is 16.5 Å². The van der Waals surface area contributed by atoms with Crippen LogP contribution in [0.2, 0.25) is 0 Å². The summed E-state index contributed by atoms with van der Waals surface area (Å²) < 4.78 is 5.19. The predicted molar refractivity (Wildman–Crippen MR) is 93.1 cm³/mol. The first-order chi connectivity index (χ1) is 11.2. The van der Waals surface area contributed by atoms with Crippen LogP contribution in [-0.4, -0.2) is 39.6 Å². The Bertz CT molecular complexity index is 691. The minimum atomic E-state index is -1.07. The number of rotatable bonds is 4. The van der Waals surface area contributed by atoms with Crippen LogP contribution in [0.5, 0.6) is 5.75 Å². The van der Waals surface area contributed by atoms with Crippen LogP contribution in [0, 0.1) is 0 Å². The number of nitrogens with zero attached hydrogens (tertiary/aromatic N) is 3. The third-order valence-corrected chi connectivity index (χ3v) is 4.92. The van der Waals surface area contributed by atoms with Crippen molar-refractivity contribution < 1.29 is 9.84 Å². The quantitative estimate of drug-likeness (QED) is 0.934. The monoisotopic (exact) mass is 329 g/mol. The second kappa shape index (κ2) is 6.60. The van der Waals surface area contributed by atoms with E-state index in [1.807, 2.05) is 54.3 Å². The molecule has 0 amide bonds. The summed E-state index contributed by atoms with van der Waals surface area (Å²) in [6.45, 7) is 2.66. The topological polar surface area (TPSA) is 58.0 Å². The van der Waals surface area contributed by atoms with Crippen molar-refractivity contribution in [1.82, 2.24) is 9.88 Å². The average Bonchev–Trinajstić information content (AvgIpc) is 2.92. The summed E-state index contributed by atoms with van der Waals surface area (Å²) in [5.74, 6) is 1.94. The number of aliphatic hydroxyl groups is 1. The molecule has 120 valence electrons. The van der Waals surface area contributed by atoms with Gasteiger partial charge in [0.05, 0.1) is 12.9 Å². The van der Waals surface area contributed by atoms with Crippen LogP contribution < -0.4 is 4.74 Å². The molecule has 0 unspecified atom stereocenters. The standard InChI is InChI=1S/C17H19N3O2S/c1-3-20-16(19-15-6-4-5-11-18-15)23-12-17(20,21)13-7-9-14(22-2)10-8-13/h4-11,21H,3,12H2,1-2H3/t17-/m1/s1. The summed E-state index contributed by atoms with van der Waals surface area (Å²) >= 11 is 1.54. The zero-order valence-electron chi connectivity index (χ0n) is 13.1. The lowest BCUT2D eigenvalue weighted by molar-refractivity contribution is -0.0452. The summed E-state index contributed by atoms with van der Waals surface area (Å²) in [5, 5.41) is 12.0. The second-order valence-corrected chi connectivity index (χ2v) is 6.10. The van der Waals surface area contributed by atoms with Crippen LogP contribution in [0.1, 0.15) is 12.5 Å². The van der Waals surface area contributed by atoms with Crippen molar-refractivity contribution in [3.05, 3.63) is 54.2 Å². The molecule has 5 nitrogen and oxygen atoms in total. The summed E-state index contributed by atoms with van der Waals surface area (Å²) in [6.07, 6.45) is 1.71. The fraction of sp³-hybridized carbons (Fsp3) is 0.294. The van der Waals surface area contributed by atoms with Gasteiger partial charge in [0.2, 0.25) is 0 Å². The highest BCUT2D eigenvalue weighted by molar-refractivity contribution is 8.14. The van der Waals surface area contributed by atoms with E-state index in [-0.39, 0.29) is 0 Å². The highest BCUT2D eigenvalue weighted by Gasteiger charge is 2.44.